The Balaban J connectivity index is 1.60. The van der Waals surface area contributed by atoms with Gasteiger partial charge in [-0.15, -0.1) is 0 Å². The molecule has 4 rings (SSSR count). The molecule has 0 amide bonds. The van der Waals surface area contributed by atoms with Gasteiger partial charge in [0.15, 0.2) is 11.6 Å². The molecule has 3 aromatic rings. The number of halogens is 2. The van der Waals surface area contributed by atoms with Crippen LogP contribution in [0.25, 0.3) is 0 Å². The lowest BCUT2D eigenvalue weighted by atomic mass is 9.92. The van der Waals surface area contributed by atoms with Gasteiger partial charge in [-0.1, -0.05) is 23.7 Å². The Morgan fingerprint density at radius 1 is 1.22 bits per heavy atom. The van der Waals surface area contributed by atoms with E-state index in [9.17, 15) is 14.0 Å². The van der Waals surface area contributed by atoms with Crippen LogP contribution in [-0.2, 0) is 22.5 Å². The molecule has 1 aromatic heterocycles. The number of nitrogens with one attached hydrogen (secondary N) is 1. The number of hydrogen-bond acceptors (Lipinski definition) is 6. The molecule has 37 heavy (non-hydrogen) atoms. The first-order valence-corrected chi connectivity index (χ1v) is 12.8. The molecule has 0 atom stereocenters. The van der Waals surface area contributed by atoms with E-state index in [0.29, 0.717) is 35.9 Å². The number of aromatic nitrogens is 2. The topological polar surface area (TPSA) is 82.5 Å². The first-order valence-electron chi connectivity index (χ1n) is 12.4. The zero-order chi connectivity index (χ0) is 26.4. The monoisotopic (exact) mass is 527 g/mol. The van der Waals surface area contributed by atoms with E-state index in [1.54, 1.807) is 18.2 Å². The molecule has 1 saturated heterocycles. The number of carbonyl (C=O) groups excluding carboxylic acids is 1. The highest BCUT2D eigenvalue weighted by Gasteiger charge is 2.20. The molecular weight excluding hydrogens is 497 g/mol. The van der Waals surface area contributed by atoms with Gasteiger partial charge in [0.2, 0.25) is 5.95 Å². The molecular formula is C28H31ClFN3O4. The summed E-state index contributed by atoms with van der Waals surface area (Å²) >= 11 is 6.02. The second-order valence-corrected chi connectivity index (χ2v) is 9.97. The number of carbonyl (C=O) groups is 1. The first-order chi connectivity index (χ1) is 17.8. The van der Waals surface area contributed by atoms with Crippen molar-refractivity contribution in [1.29, 1.82) is 0 Å². The third-order valence-corrected chi connectivity index (χ3v) is 6.42. The summed E-state index contributed by atoms with van der Waals surface area (Å²) in [4.78, 5) is 30.7. The Labute approximate surface area is 220 Å². The average Bonchev–Trinajstić information content (AvgIpc) is 2.86. The van der Waals surface area contributed by atoms with E-state index < -0.39 is 5.82 Å². The third-order valence-electron chi connectivity index (χ3n) is 6.17. The van der Waals surface area contributed by atoms with Gasteiger partial charge >= 0.3 is 0 Å². The van der Waals surface area contributed by atoms with E-state index in [1.807, 2.05) is 26.0 Å². The van der Waals surface area contributed by atoms with E-state index in [-0.39, 0.29) is 48.0 Å². The summed E-state index contributed by atoms with van der Waals surface area (Å²) in [6.07, 6.45) is 3.40. The van der Waals surface area contributed by atoms with Crippen LogP contribution in [0.15, 0.2) is 53.5 Å². The van der Waals surface area contributed by atoms with Gasteiger partial charge in [-0.3, -0.25) is 14.2 Å². The van der Waals surface area contributed by atoms with Crippen LogP contribution < -0.4 is 15.6 Å². The fraction of sp³-hybridized carbons (Fsp3) is 0.393. The molecule has 1 aliphatic heterocycles. The second kappa shape index (κ2) is 12.3. The Morgan fingerprint density at radius 2 is 1.95 bits per heavy atom. The summed E-state index contributed by atoms with van der Waals surface area (Å²) in [6, 6.07) is 11.6. The highest BCUT2D eigenvalue weighted by molar-refractivity contribution is 6.30. The predicted molar refractivity (Wildman–Crippen MR) is 141 cm³/mol. The summed E-state index contributed by atoms with van der Waals surface area (Å²) in [5, 5.41) is 3.63. The maximum atomic E-state index is 14.6. The fourth-order valence-electron chi connectivity index (χ4n) is 4.29. The van der Waals surface area contributed by atoms with E-state index >= 15 is 0 Å². The van der Waals surface area contributed by atoms with E-state index in [2.05, 4.69) is 10.3 Å². The van der Waals surface area contributed by atoms with Crippen LogP contribution in [-0.4, -0.2) is 34.7 Å². The molecule has 9 heteroatoms. The van der Waals surface area contributed by atoms with Crippen LogP contribution in [0, 0.1) is 11.7 Å². The van der Waals surface area contributed by atoms with Crippen molar-refractivity contribution in [2.75, 3.05) is 18.5 Å². The van der Waals surface area contributed by atoms with Gasteiger partial charge in [0.1, 0.15) is 5.78 Å². The molecule has 7 nitrogen and oxygen atoms in total. The van der Waals surface area contributed by atoms with E-state index in [1.165, 1.54) is 22.9 Å². The molecule has 0 radical (unpaired) electrons. The van der Waals surface area contributed by atoms with Gasteiger partial charge in [0, 0.05) is 54.6 Å². The second-order valence-electron chi connectivity index (χ2n) is 9.54. The van der Waals surface area contributed by atoms with Crippen LogP contribution in [0.2, 0.25) is 5.02 Å². The van der Waals surface area contributed by atoms with Crippen molar-refractivity contribution in [3.05, 3.63) is 81.0 Å². The van der Waals surface area contributed by atoms with Crippen molar-refractivity contribution in [3.63, 3.8) is 0 Å². The summed E-state index contributed by atoms with van der Waals surface area (Å²) < 4.78 is 26.9. The van der Waals surface area contributed by atoms with Crippen molar-refractivity contribution in [2.45, 2.75) is 52.2 Å². The molecule has 0 unspecified atom stereocenters. The fourth-order valence-corrected chi connectivity index (χ4v) is 4.41. The average molecular weight is 528 g/mol. The Kier molecular flexibility index (Phi) is 8.95. The molecule has 1 N–H and O–H groups in total. The van der Waals surface area contributed by atoms with Crippen LogP contribution in [0.1, 0.15) is 44.2 Å². The maximum Gasteiger partial charge on any atom is 0.258 e. The van der Waals surface area contributed by atoms with E-state index in [4.69, 9.17) is 21.1 Å². The van der Waals surface area contributed by atoms with Crippen LogP contribution in [0.3, 0.4) is 0 Å². The Hall–Kier alpha value is -3.23. The zero-order valence-electron chi connectivity index (χ0n) is 21.0. The molecule has 2 heterocycles. The summed E-state index contributed by atoms with van der Waals surface area (Å²) in [7, 11) is 0. The molecule has 1 aliphatic rings. The highest BCUT2D eigenvalue weighted by Crippen LogP contribution is 2.25. The quantitative estimate of drug-likeness (QED) is 0.372. The maximum absolute atomic E-state index is 14.6. The number of hydrogen-bond donors (Lipinski definition) is 1. The molecule has 0 spiro atoms. The SMILES string of the molecule is CC(C)Oc1ccc(Nc2ncc(CC(=O)CC3CCOCC3)c(=O)n2Cc2ccc(Cl)cc2)cc1F. The van der Waals surface area contributed by atoms with Gasteiger partial charge in [-0.2, -0.15) is 0 Å². The lowest BCUT2D eigenvalue weighted by molar-refractivity contribution is -0.120. The first kappa shape index (κ1) is 26.8. The minimum absolute atomic E-state index is 0.00682. The van der Waals surface area contributed by atoms with Gasteiger partial charge in [0.05, 0.1) is 12.6 Å². The van der Waals surface area contributed by atoms with Gasteiger partial charge in [-0.05, 0) is 62.4 Å². The minimum atomic E-state index is -0.527. The standard InChI is InChI=1S/C28H31ClFN3O4/c1-18(2)37-26-8-7-23(15-25(26)30)32-28-31-16-21(14-24(34)13-19-9-11-36-12-10-19)27(35)33(28)17-20-3-5-22(29)6-4-20/h3-8,15-16,18-19H,9-14,17H2,1-2H3,(H,31,32). The molecule has 1 fully saturated rings. The number of ketones is 1. The van der Waals surface area contributed by atoms with Crippen molar-refractivity contribution in [2.24, 2.45) is 5.92 Å². The smallest absolute Gasteiger partial charge is 0.258 e. The van der Waals surface area contributed by atoms with Crippen molar-refractivity contribution < 1.29 is 18.7 Å². The van der Waals surface area contributed by atoms with Gasteiger partial charge in [0.25, 0.3) is 5.56 Å². The zero-order valence-corrected chi connectivity index (χ0v) is 21.8. The summed E-state index contributed by atoms with van der Waals surface area (Å²) in [6.45, 7) is 5.17. The normalized spacial score (nSPS) is 14.1. The molecule has 196 valence electrons. The van der Waals surface area contributed by atoms with Gasteiger partial charge < -0.3 is 14.8 Å². The lowest BCUT2D eigenvalue weighted by Crippen LogP contribution is -2.29. The number of nitrogens with zero attached hydrogens (tertiary/aromatic N) is 2. The number of benzene rings is 2. The number of Topliss-reactive ketones (excluding diaryl/α,β-unsaturated/α-hetero) is 1. The lowest BCUT2D eigenvalue weighted by Gasteiger charge is -2.21. The third kappa shape index (κ3) is 7.40. The number of rotatable bonds is 10. The van der Waals surface area contributed by atoms with Crippen LogP contribution in [0.4, 0.5) is 16.0 Å². The summed E-state index contributed by atoms with van der Waals surface area (Å²) in [5.74, 6) is 0.139. The largest absolute Gasteiger partial charge is 0.488 e. The molecule has 0 aliphatic carbocycles. The number of anilines is 2. The van der Waals surface area contributed by atoms with Crippen LogP contribution >= 0.6 is 11.6 Å². The van der Waals surface area contributed by atoms with Crippen molar-refractivity contribution in [3.8, 4) is 5.75 Å². The molecule has 0 saturated carbocycles. The molecule has 0 bridgehead atoms. The Morgan fingerprint density at radius 3 is 2.62 bits per heavy atom. The van der Waals surface area contributed by atoms with Crippen molar-refractivity contribution in [1.82, 2.24) is 9.55 Å². The van der Waals surface area contributed by atoms with Crippen LogP contribution in [0.5, 0.6) is 5.75 Å². The minimum Gasteiger partial charge on any atom is -0.488 e. The predicted octanol–water partition coefficient (Wildman–Crippen LogP) is 5.54. The van der Waals surface area contributed by atoms with Crippen molar-refractivity contribution >= 4 is 29.0 Å². The van der Waals surface area contributed by atoms with Gasteiger partial charge in [-0.25, -0.2) is 9.37 Å². The number of ether oxygens (including phenoxy) is 2. The molecule has 2 aromatic carbocycles. The summed E-state index contributed by atoms with van der Waals surface area (Å²) in [5.41, 5.74) is 1.24. The highest BCUT2D eigenvalue weighted by atomic mass is 35.5. The Bertz CT molecular complexity index is 1290. The van der Waals surface area contributed by atoms with E-state index in [0.717, 1.165) is 18.4 Å².